The number of hydrogen-bond donors (Lipinski definition) is 1. The molecule has 0 spiro atoms. The molecule has 22 heavy (non-hydrogen) atoms. The highest BCUT2D eigenvalue weighted by molar-refractivity contribution is 7.99. The Kier molecular flexibility index (Phi) is 5.75. The number of thioether (sulfide) groups is 1. The first-order valence-corrected chi connectivity index (χ1v) is 8.27. The smallest absolute Gasteiger partial charge is 0.307 e. The number of carboxylic acid groups (broad SMARTS) is 1. The van der Waals surface area contributed by atoms with Crippen LogP contribution in [0.3, 0.4) is 0 Å². The van der Waals surface area contributed by atoms with Gasteiger partial charge in [0.15, 0.2) is 0 Å². The van der Waals surface area contributed by atoms with Crippen molar-refractivity contribution in [3.05, 3.63) is 52.5 Å². The van der Waals surface area contributed by atoms with E-state index in [0.29, 0.717) is 22.1 Å². The lowest BCUT2D eigenvalue weighted by Gasteiger charge is -2.11. The molecule has 0 radical (unpaired) electrons. The molecular formula is C17H17ClO3S. The standard InChI is InChI=1S/C17H17ClO3S/c1-3-22-14-4-5-16(15(18)10-14)21-13-7-11(2)6-12(8-13)9-17(19)20/h4-8,10H,3,9H2,1-2H3,(H,19,20). The second kappa shape index (κ2) is 7.56. The highest BCUT2D eigenvalue weighted by Crippen LogP contribution is 2.33. The number of aliphatic carboxylic acids is 1. The van der Waals surface area contributed by atoms with Gasteiger partial charge in [0.1, 0.15) is 11.5 Å². The summed E-state index contributed by atoms with van der Waals surface area (Å²) in [7, 11) is 0. The van der Waals surface area contributed by atoms with E-state index in [9.17, 15) is 4.79 Å². The zero-order valence-electron chi connectivity index (χ0n) is 12.4. The largest absolute Gasteiger partial charge is 0.481 e. The molecule has 116 valence electrons. The summed E-state index contributed by atoms with van der Waals surface area (Å²) in [6, 6.07) is 11.1. The molecule has 0 aliphatic heterocycles. The number of rotatable bonds is 6. The normalized spacial score (nSPS) is 10.5. The van der Waals surface area contributed by atoms with Crippen LogP contribution in [0.2, 0.25) is 5.02 Å². The van der Waals surface area contributed by atoms with Crippen molar-refractivity contribution in [1.82, 2.24) is 0 Å². The fourth-order valence-electron chi connectivity index (χ4n) is 2.11. The van der Waals surface area contributed by atoms with E-state index in [0.717, 1.165) is 16.2 Å². The van der Waals surface area contributed by atoms with Crippen molar-refractivity contribution in [2.24, 2.45) is 0 Å². The van der Waals surface area contributed by atoms with E-state index in [1.165, 1.54) is 0 Å². The van der Waals surface area contributed by atoms with Crippen LogP contribution in [-0.4, -0.2) is 16.8 Å². The number of benzene rings is 2. The topological polar surface area (TPSA) is 46.5 Å². The molecule has 0 unspecified atom stereocenters. The predicted molar refractivity (Wildman–Crippen MR) is 90.4 cm³/mol. The molecule has 0 atom stereocenters. The van der Waals surface area contributed by atoms with Gasteiger partial charge in [0.2, 0.25) is 0 Å². The van der Waals surface area contributed by atoms with Gasteiger partial charge >= 0.3 is 5.97 Å². The van der Waals surface area contributed by atoms with Gasteiger partial charge in [-0.3, -0.25) is 4.79 Å². The van der Waals surface area contributed by atoms with E-state index in [1.54, 1.807) is 17.8 Å². The molecule has 0 bridgehead atoms. The minimum atomic E-state index is -0.865. The zero-order valence-corrected chi connectivity index (χ0v) is 14.0. The highest BCUT2D eigenvalue weighted by atomic mass is 35.5. The van der Waals surface area contributed by atoms with Crippen LogP contribution in [-0.2, 0) is 11.2 Å². The van der Waals surface area contributed by atoms with Crippen molar-refractivity contribution < 1.29 is 14.6 Å². The Morgan fingerprint density at radius 1 is 1.27 bits per heavy atom. The lowest BCUT2D eigenvalue weighted by atomic mass is 10.1. The monoisotopic (exact) mass is 336 g/mol. The lowest BCUT2D eigenvalue weighted by Crippen LogP contribution is -2.00. The Balaban J connectivity index is 2.23. The van der Waals surface area contributed by atoms with Gasteiger partial charge < -0.3 is 9.84 Å². The van der Waals surface area contributed by atoms with Gasteiger partial charge in [-0.1, -0.05) is 24.6 Å². The Morgan fingerprint density at radius 3 is 2.68 bits per heavy atom. The summed E-state index contributed by atoms with van der Waals surface area (Å²) in [5, 5.41) is 9.44. The average molecular weight is 337 g/mol. The van der Waals surface area contributed by atoms with E-state index in [4.69, 9.17) is 21.4 Å². The molecule has 0 saturated carbocycles. The third-order valence-electron chi connectivity index (χ3n) is 2.91. The molecule has 0 amide bonds. The summed E-state index contributed by atoms with van der Waals surface area (Å²) in [4.78, 5) is 11.9. The van der Waals surface area contributed by atoms with Gasteiger partial charge in [-0.2, -0.15) is 0 Å². The SMILES string of the molecule is CCSc1ccc(Oc2cc(C)cc(CC(=O)O)c2)c(Cl)c1. The molecule has 0 aliphatic carbocycles. The van der Waals surface area contributed by atoms with E-state index < -0.39 is 5.97 Å². The summed E-state index contributed by atoms with van der Waals surface area (Å²) in [5.74, 6) is 1.27. The van der Waals surface area contributed by atoms with E-state index in [-0.39, 0.29) is 6.42 Å². The summed E-state index contributed by atoms with van der Waals surface area (Å²) < 4.78 is 5.81. The van der Waals surface area contributed by atoms with E-state index in [1.807, 2.05) is 37.3 Å². The quantitative estimate of drug-likeness (QED) is 0.738. The lowest BCUT2D eigenvalue weighted by molar-refractivity contribution is -0.136. The average Bonchev–Trinajstić information content (AvgIpc) is 2.41. The molecular weight excluding hydrogens is 320 g/mol. The second-order valence-corrected chi connectivity index (χ2v) is 6.60. The van der Waals surface area contributed by atoms with Gasteiger partial charge in [-0.25, -0.2) is 0 Å². The molecule has 5 heteroatoms. The fraction of sp³-hybridized carbons (Fsp3) is 0.235. The van der Waals surface area contributed by atoms with E-state index >= 15 is 0 Å². The molecule has 0 aromatic heterocycles. The van der Waals surface area contributed by atoms with Crippen molar-refractivity contribution in [3.63, 3.8) is 0 Å². The molecule has 0 saturated heterocycles. The molecule has 0 aliphatic rings. The van der Waals surface area contributed by atoms with Crippen LogP contribution in [0.15, 0.2) is 41.3 Å². The van der Waals surface area contributed by atoms with Crippen molar-refractivity contribution in [2.75, 3.05) is 5.75 Å². The first-order chi connectivity index (χ1) is 10.5. The molecule has 1 N–H and O–H groups in total. The zero-order chi connectivity index (χ0) is 16.1. The third kappa shape index (κ3) is 4.68. The Hall–Kier alpha value is -1.65. The first kappa shape index (κ1) is 16.7. The summed E-state index contributed by atoms with van der Waals surface area (Å²) in [6.07, 6.45) is -0.0299. The van der Waals surface area contributed by atoms with E-state index in [2.05, 4.69) is 6.92 Å². The number of carbonyl (C=O) groups is 1. The number of halogens is 1. The van der Waals surface area contributed by atoms with Gasteiger partial charge in [-0.15, -0.1) is 11.8 Å². The van der Waals surface area contributed by atoms with Crippen LogP contribution in [0.25, 0.3) is 0 Å². The van der Waals surface area contributed by atoms with Crippen LogP contribution in [0, 0.1) is 6.92 Å². The predicted octanol–water partition coefficient (Wildman–Crippen LogP) is 5.18. The Morgan fingerprint density at radius 2 is 2.05 bits per heavy atom. The van der Waals surface area contributed by atoms with Gasteiger partial charge in [0, 0.05) is 4.90 Å². The van der Waals surface area contributed by atoms with Crippen LogP contribution in [0.4, 0.5) is 0 Å². The minimum absolute atomic E-state index is 0.0299. The van der Waals surface area contributed by atoms with Crippen LogP contribution in [0.5, 0.6) is 11.5 Å². The summed E-state index contributed by atoms with van der Waals surface area (Å²) >= 11 is 7.96. The highest BCUT2D eigenvalue weighted by Gasteiger charge is 2.08. The van der Waals surface area contributed by atoms with Gasteiger partial charge in [0.25, 0.3) is 0 Å². The minimum Gasteiger partial charge on any atom is -0.481 e. The number of hydrogen-bond acceptors (Lipinski definition) is 3. The first-order valence-electron chi connectivity index (χ1n) is 6.90. The van der Waals surface area contributed by atoms with Gasteiger partial charge in [0.05, 0.1) is 11.4 Å². The Bertz CT molecular complexity index is 686. The molecule has 2 aromatic carbocycles. The van der Waals surface area contributed by atoms with Crippen molar-refractivity contribution >= 4 is 29.3 Å². The van der Waals surface area contributed by atoms with Crippen molar-refractivity contribution in [1.29, 1.82) is 0 Å². The Labute approximate surface area is 139 Å². The molecule has 0 heterocycles. The maximum absolute atomic E-state index is 10.8. The van der Waals surface area contributed by atoms with Crippen LogP contribution >= 0.6 is 23.4 Å². The van der Waals surface area contributed by atoms with Crippen molar-refractivity contribution in [3.8, 4) is 11.5 Å². The maximum atomic E-state index is 10.8. The molecule has 3 nitrogen and oxygen atoms in total. The number of carboxylic acids is 1. The summed E-state index contributed by atoms with van der Waals surface area (Å²) in [6.45, 7) is 3.99. The van der Waals surface area contributed by atoms with Crippen molar-refractivity contribution in [2.45, 2.75) is 25.2 Å². The summed E-state index contributed by atoms with van der Waals surface area (Å²) in [5.41, 5.74) is 1.65. The van der Waals surface area contributed by atoms with Crippen LogP contribution in [0.1, 0.15) is 18.1 Å². The molecule has 0 fully saturated rings. The van der Waals surface area contributed by atoms with Crippen LogP contribution < -0.4 is 4.74 Å². The molecule has 2 aromatic rings. The third-order valence-corrected chi connectivity index (χ3v) is 4.08. The maximum Gasteiger partial charge on any atom is 0.307 e. The fourth-order valence-corrected chi connectivity index (χ4v) is 3.09. The number of ether oxygens (including phenoxy) is 1. The number of aryl methyl sites for hydroxylation is 1. The molecule has 2 rings (SSSR count). The van der Waals surface area contributed by atoms with Gasteiger partial charge in [-0.05, 0) is 54.1 Å². The second-order valence-electron chi connectivity index (χ2n) is 4.85.